The van der Waals surface area contributed by atoms with Gasteiger partial charge in [0.1, 0.15) is 0 Å². The number of pyridine rings is 1. The van der Waals surface area contributed by atoms with Crippen molar-refractivity contribution in [2.24, 2.45) is 10.9 Å². The Labute approximate surface area is 166 Å². The monoisotopic (exact) mass is 464 g/mol. The Balaban J connectivity index is 0.00000288. The van der Waals surface area contributed by atoms with Crippen molar-refractivity contribution >= 4 is 41.7 Å². The second-order valence-corrected chi connectivity index (χ2v) is 8.01. The predicted octanol–water partition coefficient (Wildman–Crippen LogP) is 3.30. The molecule has 7 heteroatoms. The largest absolute Gasteiger partial charge is 0.477 e. The van der Waals surface area contributed by atoms with Crippen LogP contribution in [-0.2, 0) is 6.54 Å². The Morgan fingerprint density at radius 3 is 2.79 bits per heavy atom. The highest BCUT2D eigenvalue weighted by atomic mass is 127. The highest BCUT2D eigenvalue weighted by Gasteiger charge is 2.22. The van der Waals surface area contributed by atoms with Gasteiger partial charge in [0.05, 0.1) is 6.61 Å². The maximum atomic E-state index is 5.72. The molecule has 0 unspecified atom stereocenters. The van der Waals surface area contributed by atoms with Crippen LogP contribution in [0.25, 0.3) is 0 Å². The first kappa shape index (κ1) is 21.3. The van der Waals surface area contributed by atoms with Crippen molar-refractivity contribution in [3.8, 4) is 5.88 Å². The summed E-state index contributed by atoms with van der Waals surface area (Å²) >= 11 is 1.84. The van der Waals surface area contributed by atoms with E-state index in [1.807, 2.05) is 23.9 Å². The fourth-order valence-corrected chi connectivity index (χ4v) is 2.12. The number of hydrogen-bond donors (Lipinski definition) is 2. The van der Waals surface area contributed by atoms with Crippen molar-refractivity contribution in [3.63, 3.8) is 0 Å². The van der Waals surface area contributed by atoms with E-state index in [-0.39, 0.29) is 28.7 Å². The normalized spacial score (nSPS) is 14.8. The van der Waals surface area contributed by atoms with Crippen molar-refractivity contribution in [3.05, 3.63) is 23.9 Å². The van der Waals surface area contributed by atoms with Gasteiger partial charge in [0, 0.05) is 37.1 Å². The van der Waals surface area contributed by atoms with E-state index in [4.69, 9.17) is 4.74 Å². The van der Waals surface area contributed by atoms with Crippen LogP contribution >= 0.6 is 35.7 Å². The van der Waals surface area contributed by atoms with E-state index in [0.717, 1.165) is 30.6 Å². The molecular formula is C17H29IN4OS. The number of aliphatic imine (C=N–C) groups is 1. The molecule has 0 aliphatic heterocycles. The molecule has 0 atom stereocenters. The molecule has 0 bridgehead atoms. The zero-order valence-corrected chi connectivity index (χ0v) is 18.1. The summed E-state index contributed by atoms with van der Waals surface area (Å²) in [7, 11) is 1.79. The molecule has 1 fully saturated rings. The average Bonchev–Trinajstić information content (AvgIpc) is 3.38. The van der Waals surface area contributed by atoms with Crippen molar-refractivity contribution in [1.29, 1.82) is 0 Å². The van der Waals surface area contributed by atoms with Gasteiger partial charge in [0.2, 0.25) is 5.88 Å². The van der Waals surface area contributed by atoms with Crippen LogP contribution in [0.5, 0.6) is 5.88 Å². The highest BCUT2D eigenvalue weighted by molar-refractivity contribution is 14.0. The first-order valence-electron chi connectivity index (χ1n) is 8.10. The van der Waals surface area contributed by atoms with Gasteiger partial charge in [-0.2, -0.15) is 11.8 Å². The van der Waals surface area contributed by atoms with Gasteiger partial charge in [-0.15, -0.1) is 24.0 Å². The van der Waals surface area contributed by atoms with Crippen LogP contribution in [0.3, 0.4) is 0 Å². The van der Waals surface area contributed by atoms with Crippen LogP contribution in [0.1, 0.15) is 32.3 Å². The summed E-state index contributed by atoms with van der Waals surface area (Å²) in [5, 5.41) is 6.70. The topological polar surface area (TPSA) is 58.5 Å². The maximum absolute atomic E-state index is 5.72. The van der Waals surface area contributed by atoms with E-state index >= 15 is 0 Å². The molecule has 1 heterocycles. The zero-order chi connectivity index (χ0) is 16.7. The van der Waals surface area contributed by atoms with Crippen molar-refractivity contribution in [2.75, 3.05) is 26.5 Å². The van der Waals surface area contributed by atoms with E-state index in [9.17, 15) is 0 Å². The van der Waals surface area contributed by atoms with Gasteiger partial charge in [-0.1, -0.05) is 0 Å². The number of ether oxygens (including phenoxy) is 1. The van der Waals surface area contributed by atoms with Crippen LogP contribution in [0.4, 0.5) is 0 Å². The third kappa shape index (κ3) is 7.92. The summed E-state index contributed by atoms with van der Waals surface area (Å²) < 4.78 is 5.90. The maximum Gasteiger partial charge on any atom is 0.213 e. The first-order valence-corrected chi connectivity index (χ1v) is 9.32. The Morgan fingerprint density at radius 1 is 1.42 bits per heavy atom. The van der Waals surface area contributed by atoms with Gasteiger partial charge < -0.3 is 15.4 Å². The van der Waals surface area contributed by atoms with Crippen molar-refractivity contribution < 1.29 is 4.74 Å². The number of rotatable bonds is 8. The fraction of sp³-hybridized carbons (Fsp3) is 0.647. The molecule has 2 rings (SSSR count). The number of nitrogens with zero attached hydrogens (tertiary/aromatic N) is 2. The third-order valence-corrected chi connectivity index (χ3v) is 5.13. The van der Waals surface area contributed by atoms with Crippen LogP contribution in [0.15, 0.2) is 23.3 Å². The molecule has 0 saturated heterocycles. The summed E-state index contributed by atoms with van der Waals surface area (Å²) in [4.78, 5) is 8.54. The molecule has 1 aromatic rings. The summed E-state index contributed by atoms with van der Waals surface area (Å²) in [5.41, 5.74) is 1.14. The number of guanidine groups is 1. The van der Waals surface area contributed by atoms with E-state index in [2.05, 4.69) is 40.7 Å². The molecule has 0 aromatic carbocycles. The minimum absolute atomic E-state index is 0. The van der Waals surface area contributed by atoms with Gasteiger partial charge in [0.15, 0.2) is 5.96 Å². The molecule has 136 valence electrons. The summed E-state index contributed by atoms with van der Waals surface area (Å²) in [6.45, 7) is 6.77. The Kier molecular flexibility index (Phi) is 9.18. The van der Waals surface area contributed by atoms with Crippen molar-refractivity contribution in [2.45, 2.75) is 38.0 Å². The van der Waals surface area contributed by atoms with E-state index in [1.54, 1.807) is 13.2 Å². The average molecular weight is 464 g/mol. The van der Waals surface area contributed by atoms with Gasteiger partial charge in [-0.25, -0.2) is 4.98 Å². The molecule has 5 nitrogen and oxygen atoms in total. The molecular weight excluding hydrogens is 435 g/mol. The lowest BCUT2D eigenvalue weighted by atomic mass is 10.2. The van der Waals surface area contributed by atoms with Crippen LogP contribution < -0.4 is 15.4 Å². The van der Waals surface area contributed by atoms with E-state index in [0.29, 0.717) is 12.4 Å². The minimum atomic E-state index is 0. The summed E-state index contributed by atoms with van der Waals surface area (Å²) in [6.07, 6.45) is 6.50. The van der Waals surface area contributed by atoms with Crippen LogP contribution in [-0.4, -0.2) is 42.1 Å². The second kappa shape index (κ2) is 10.3. The lowest BCUT2D eigenvalue weighted by Crippen LogP contribution is -2.42. The molecule has 1 aliphatic rings. The molecule has 2 N–H and O–H groups in total. The van der Waals surface area contributed by atoms with E-state index < -0.39 is 0 Å². The number of aromatic nitrogens is 1. The van der Waals surface area contributed by atoms with Gasteiger partial charge in [0.25, 0.3) is 0 Å². The third-order valence-electron chi connectivity index (χ3n) is 3.88. The predicted molar refractivity (Wildman–Crippen MR) is 114 cm³/mol. The number of hydrogen-bond acceptors (Lipinski definition) is 4. The molecule has 1 aromatic heterocycles. The second-order valence-electron chi connectivity index (χ2n) is 6.50. The molecule has 0 amide bonds. The van der Waals surface area contributed by atoms with Crippen LogP contribution in [0.2, 0.25) is 0 Å². The smallest absolute Gasteiger partial charge is 0.213 e. The Bertz CT molecular complexity index is 535. The molecule has 1 aliphatic carbocycles. The Morgan fingerprint density at radius 2 is 2.17 bits per heavy atom. The minimum Gasteiger partial charge on any atom is -0.477 e. The van der Waals surface area contributed by atoms with Gasteiger partial charge in [-0.05, 0) is 50.5 Å². The Hall–Kier alpha value is -0.700. The lowest BCUT2D eigenvalue weighted by Gasteiger charge is -2.23. The number of thioether (sulfide) groups is 1. The number of halogens is 1. The molecule has 1 saturated carbocycles. The molecule has 0 radical (unpaired) electrons. The number of nitrogens with one attached hydrogen (secondary N) is 2. The molecule has 0 spiro atoms. The van der Waals surface area contributed by atoms with E-state index in [1.165, 1.54) is 12.8 Å². The fourth-order valence-electron chi connectivity index (χ4n) is 1.90. The molecule has 24 heavy (non-hydrogen) atoms. The quantitative estimate of drug-likeness (QED) is 0.351. The first-order chi connectivity index (χ1) is 11.0. The lowest BCUT2D eigenvalue weighted by molar-refractivity contribution is 0.288. The highest BCUT2D eigenvalue weighted by Crippen LogP contribution is 2.29. The van der Waals surface area contributed by atoms with Crippen LogP contribution in [0, 0.1) is 5.92 Å². The standard InChI is InChI=1S/C17H28N4OS.HI/c1-17(2,23-4)12-21-16(18-3)20-10-14-7-8-19-15(9-14)22-11-13-5-6-13;/h7-9,13H,5-6,10-12H2,1-4H3,(H2,18,20,21);1H. The van der Waals surface area contributed by atoms with Gasteiger partial charge in [-0.3, -0.25) is 4.99 Å². The SMILES string of the molecule is CN=C(NCc1ccnc(OCC2CC2)c1)NCC(C)(C)SC.I. The van der Waals surface area contributed by atoms with Gasteiger partial charge >= 0.3 is 0 Å². The summed E-state index contributed by atoms with van der Waals surface area (Å²) in [6, 6.07) is 3.99. The summed E-state index contributed by atoms with van der Waals surface area (Å²) in [5.74, 6) is 2.26. The zero-order valence-electron chi connectivity index (χ0n) is 15.0. The van der Waals surface area contributed by atoms with Crippen molar-refractivity contribution in [1.82, 2.24) is 15.6 Å².